The summed E-state index contributed by atoms with van der Waals surface area (Å²) in [6.45, 7) is 4.07. The SMILES string of the molecule is CC(C)(CCc1ccccc1O)[SH](C)(C)=O. The average molecular weight is 242 g/mol. The Kier molecular flexibility index (Phi) is 3.79. The molecule has 0 spiro atoms. The summed E-state index contributed by atoms with van der Waals surface area (Å²) in [5, 5.41) is 9.64. The second kappa shape index (κ2) is 4.58. The van der Waals surface area contributed by atoms with Gasteiger partial charge in [0.15, 0.2) is 0 Å². The highest BCUT2D eigenvalue weighted by Crippen LogP contribution is 2.28. The predicted molar refractivity (Wildman–Crippen MR) is 71.9 cm³/mol. The van der Waals surface area contributed by atoms with E-state index in [9.17, 15) is 9.32 Å². The van der Waals surface area contributed by atoms with Crippen molar-refractivity contribution in [2.45, 2.75) is 31.4 Å². The number of rotatable bonds is 4. The molecule has 0 aromatic heterocycles. The molecule has 0 aliphatic rings. The van der Waals surface area contributed by atoms with E-state index in [4.69, 9.17) is 0 Å². The molecule has 1 N–H and O–H groups in total. The standard InChI is InChI=1S/C13H22O2S/c1-13(2,16(3,4)15)10-9-11-7-5-6-8-12(11)14/h5-8,14,16H,9-10H2,1-4H3. The normalized spacial score (nSPS) is 13.8. The van der Waals surface area contributed by atoms with E-state index in [-0.39, 0.29) is 4.75 Å². The molecule has 0 aliphatic carbocycles. The lowest BCUT2D eigenvalue weighted by Crippen LogP contribution is -2.36. The van der Waals surface area contributed by atoms with Crippen LogP contribution < -0.4 is 0 Å². The first-order chi connectivity index (χ1) is 7.24. The molecule has 0 heterocycles. The van der Waals surface area contributed by atoms with E-state index < -0.39 is 9.93 Å². The molecule has 0 bridgehead atoms. The van der Waals surface area contributed by atoms with Gasteiger partial charge in [-0.1, -0.05) is 32.0 Å². The van der Waals surface area contributed by atoms with Gasteiger partial charge in [-0.25, -0.2) is 0 Å². The first-order valence-electron chi connectivity index (χ1n) is 5.56. The number of thiol groups is 1. The minimum Gasteiger partial charge on any atom is -0.508 e. The maximum atomic E-state index is 12.1. The van der Waals surface area contributed by atoms with Crippen LogP contribution in [0.1, 0.15) is 25.8 Å². The smallest absolute Gasteiger partial charge is 0.118 e. The molecule has 1 aromatic carbocycles. The number of aromatic hydroxyl groups is 1. The van der Waals surface area contributed by atoms with Gasteiger partial charge in [-0.3, -0.25) is 4.21 Å². The molecule has 2 nitrogen and oxygen atoms in total. The second-order valence-electron chi connectivity index (χ2n) is 5.29. The Balaban J connectivity index is 2.73. The monoisotopic (exact) mass is 242 g/mol. The fraction of sp³-hybridized carbons (Fsp3) is 0.538. The van der Waals surface area contributed by atoms with E-state index in [1.807, 2.05) is 44.6 Å². The number of hydrogen-bond donors (Lipinski definition) is 2. The maximum Gasteiger partial charge on any atom is 0.118 e. The number of phenols is 1. The molecule has 16 heavy (non-hydrogen) atoms. The Morgan fingerprint density at radius 1 is 1.25 bits per heavy atom. The van der Waals surface area contributed by atoms with Crippen molar-refractivity contribution in [2.75, 3.05) is 12.5 Å². The van der Waals surface area contributed by atoms with Gasteiger partial charge in [-0.05, 0) is 37.0 Å². The van der Waals surface area contributed by atoms with Crippen LogP contribution in [0.3, 0.4) is 0 Å². The van der Waals surface area contributed by atoms with E-state index in [2.05, 4.69) is 0 Å². The molecule has 0 saturated heterocycles. The molecule has 0 saturated carbocycles. The van der Waals surface area contributed by atoms with Crippen LogP contribution in [-0.2, 0) is 16.4 Å². The Hall–Kier alpha value is -0.830. The van der Waals surface area contributed by atoms with Gasteiger partial charge in [0.1, 0.15) is 5.75 Å². The van der Waals surface area contributed by atoms with Crippen molar-refractivity contribution in [3.8, 4) is 5.75 Å². The molecule has 0 atom stereocenters. The molecule has 0 amide bonds. The molecule has 0 fully saturated rings. The fourth-order valence-electron chi connectivity index (χ4n) is 1.43. The topological polar surface area (TPSA) is 37.3 Å². The summed E-state index contributed by atoms with van der Waals surface area (Å²) < 4.78 is 11.9. The minimum atomic E-state index is -2.10. The molecule has 1 aromatic rings. The summed E-state index contributed by atoms with van der Waals surface area (Å²) in [6.07, 6.45) is 5.26. The predicted octanol–water partition coefficient (Wildman–Crippen LogP) is 2.38. The van der Waals surface area contributed by atoms with Crippen LogP contribution in [0.4, 0.5) is 0 Å². The van der Waals surface area contributed by atoms with Crippen LogP contribution in [0.5, 0.6) is 5.75 Å². The van der Waals surface area contributed by atoms with E-state index >= 15 is 0 Å². The molecule has 0 radical (unpaired) electrons. The van der Waals surface area contributed by atoms with Gasteiger partial charge in [0, 0.05) is 4.75 Å². The van der Waals surface area contributed by atoms with Crippen LogP contribution in [0.2, 0.25) is 0 Å². The molecule has 0 aliphatic heterocycles. The van der Waals surface area contributed by atoms with Crippen LogP contribution in [0, 0.1) is 0 Å². The van der Waals surface area contributed by atoms with Crippen molar-refractivity contribution < 1.29 is 9.32 Å². The van der Waals surface area contributed by atoms with Crippen molar-refractivity contribution >= 4 is 9.93 Å². The van der Waals surface area contributed by atoms with Crippen molar-refractivity contribution in [1.82, 2.24) is 0 Å². The lowest BCUT2D eigenvalue weighted by atomic mass is 10.0. The largest absolute Gasteiger partial charge is 0.508 e. The van der Waals surface area contributed by atoms with Gasteiger partial charge in [0.2, 0.25) is 0 Å². The summed E-state index contributed by atoms with van der Waals surface area (Å²) in [4.78, 5) is 0. The van der Waals surface area contributed by atoms with Gasteiger partial charge < -0.3 is 5.11 Å². The Bertz CT molecular complexity index is 404. The number of aryl methyl sites for hydroxylation is 1. The second-order valence-corrected chi connectivity index (χ2v) is 9.20. The minimum absolute atomic E-state index is 0.171. The van der Waals surface area contributed by atoms with Crippen molar-refractivity contribution in [3.63, 3.8) is 0 Å². The number of phenolic OH excluding ortho intramolecular Hbond substituents is 1. The molecule has 3 heteroatoms. The van der Waals surface area contributed by atoms with Crippen LogP contribution >= 0.6 is 0 Å². The van der Waals surface area contributed by atoms with E-state index in [1.165, 1.54) is 0 Å². The van der Waals surface area contributed by atoms with Gasteiger partial charge in [0.05, 0.1) is 0 Å². The van der Waals surface area contributed by atoms with Crippen molar-refractivity contribution in [2.24, 2.45) is 0 Å². The van der Waals surface area contributed by atoms with Crippen molar-refractivity contribution in [1.29, 1.82) is 0 Å². The van der Waals surface area contributed by atoms with Crippen LogP contribution in [0.15, 0.2) is 24.3 Å². The molecular weight excluding hydrogens is 220 g/mol. The highest BCUT2D eigenvalue weighted by Gasteiger charge is 2.27. The zero-order valence-corrected chi connectivity index (χ0v) is 11.4. The van der Waals surface area contributed by atoms with Crippen LogP contribution in [-0.4, -0.2) is 26.6 Å². The van der Waals surface area contributed by atoms with E-state index in [1.54, 1.807) is 6.07 Å². The molecular formula is C13H22O2S. The zero-order chi connectivity index (χ0) is 12.4. The first kappa shape index (κ1) is 13.2. The fourth-order valence-corrected chi connectivity index (χ4v) is 2.08. The van der Waals surface area contributed by atoms with Crippen LogP contribution in [0.25, 0.3) is 0 Å². The third-order valence-corrected chi connectivity index (χ3v) is 6.59. The van der Waals surface area contributed by atoms with E-state index in [0.717, 1.165) is 18.4 Å². The number of hydrogen-bond acceptors (Lipinski definition) is 2. The zero-order valence-electron chi connectivity index (χ0n) is 10.5. The van der Waals surface area contributed by atoms with E-state index in [0.29, 0.717) is 5.75 Å². The first-order valence-corrected chi connectivity index (χ1v) is 8.16. The Labute approximate surface area is 99.1 Å². The highest BCUT2D eigenvalue weighted by atomic mass is 32.2. The Morgan fingerprint density at radius 3 is 2.31 bits per heavy atom. The summed E-state index contributed by atoms with van der Waals surface area (Å²) in [5.74, 6) is 0.334. The summed E-state index contributed by atoms with van der Waals surface area (Å²) in [5.41, 5.74) is 0.934. The average Bonchev–Trinajstić information content (AvgIpc) is 2.15. The maximum absolute atomic E-state index is 12.1. The van der Waals surface area contributed by atoms with Crippen molar-refractivity contribution in [3.05, 3.63) is 29.8 Å². The summed E-state index contributed by atoms with van der Waals surface area (Å²) in [7, 11) is -2.10. The number of para-hydroxylation sites is 1. The molecule has 1 rings (SSSR count). The Morgan fingerprint density at radius 2 is 1.81 bits per heavy atom. The summed E-state index contributed by atoms with van der Waals surface area (Å²) in [6, 6.07) is 7.34. The third kappa shape index (κ3) is 3.08. The molecule has 0 unspecified atom stereocenters. The third-order valence-electron chi connectivity index (χ3n) is 3.46. The lowest BCUT2D eigenvalue weighted by Gasteiger charge is -2.33. The molecule has 92 valence electrons. The lowest BCUT2D eigenvalue weighted by molar-refractivity contribution is 0.464. The number of benzene rings is 1. The van der Waals surface area contributed by atoms with Gasteiger partial charge in [-0.2, -0.15) is 0 Å². The quantitative estimate of drug-likeness (QED) is 0.796. The summed E-state index contributed by atoms with van der Waals surface area (Å²) >= 11 is 0. The van der Waals surface area contributed by atoms with Gasteiger partial charge >= 0.3 is 0 Å². The highest BCUT2D eigenvalue weighted by molar-refractivity contribution is 8.02. The van der Waals surface area contributed by atoms with Gasteiger partial charge in [-0.15, -0.1) is 9.93 Å². The van der Waals surface area contributed by atoms with Gasteiger partial charge in [0.25, 0.3) is 0 Å².